The summed E-state index contributed by atoms with van der Waals surface area (Å²) in [5, 5.41) is 6.95. The van der Waals surface area contributed by atoms with Crippen LogP contribution in [0.2, 0.25) is 0 Å². The smallest absolute Gasteiger partial charge is 0.0518 e. The van der Waals surface area contributed by atoms with Crippen molar-refractivity contribution in [2.24, 2.45) is 0 Å². The highest BCUT2D eigenvalue weighted by Gasteiger charge is 2.10. The highest BCUT2D eigenvalue weighted by molar-refractivity contribution is 4.74. The molecule has 84 valence electrons. The zero-order chi connectivity index (χ0) is 10.2. The molecule has 1 saturated heterocycles. The maximum absolute atomic E-state index is 5.48. The molecular weight excluding hydrogens is 176 g/mol. The molecule has 1 fully saturated rings. The van der Waals surface area contributed by atoms with Gasteiger partial charge in [0.15, 0.2) is 0 Å². The van der Waals surface area contributed by atoms with E-state index in [1.54, 1.807) is 0 Å². The van der Waals surface area contributed by atoms with Gasteiger partial charge in [-0.3, -0.25) is 0 Å². The van der Waals surface area contributed by atoms with E-state index in [0.717, 1.165) is 26.1 Å². The SMILES string of the molecule is CC(C)OCCCNC1CCCNC1. The molecule has 3 heteroatoms. The Kier molecular flexibility index (Phi) is 6.15. The zero-order valence-electron chi connectivity index (χ0n) is 9.51. The lowest BCUT2D eigenvalue weighted by atomic mass is 10.1. The number of nitrogens with one attached hydrogen (secondary N) is 2. The Morgan fingerprint density at radius 3 is 3.00 bits per heavy atom. The monoisotopic (exact) mass is 200 g/mol. The van der Waals surface area contributed by atoms with Crippen LogP contribution < -0.4 is 10.6 Å². The van der Waals surface area contributed by atoms with Crippen molar-refractivity contribution < 1.29 is 4.74 Å². The molecule has 0 saturated carbocycles. The van der Waals surface area contributed by atoms with Gasteiger partial charge in [0.25, 0.3) is 0 Å². The van der Waals surface area contributed by atoms with Gasteiger partial charge >= 0.3 is 0 Å². The second kappa shape index (κ2) is 7.21. The van der Waals surface area contributed by atoms with Crippen molar-refractivity contribution in [1.29, 1.82) is 0 Å². The first-order chi connectivity index (χ1) is 6.79. The lowest BCUT2D eigenvalue weighted by Gasteiger charge is -2.23. The van der Waals surface area contributed by atoms with Crippen LogP contribution in [0.1, 0.15) is 33.1 Å². The van der Waals surface area contributed by atoms with E-state index in [1.165, 1.54) is 19.4 Å². The van der Waals surface area contributed by atoms with E-state index in [4.69, 9.17) is 4.74 Å². The molecule has 3 nitrogen and oxygen atoms in total. The summed E-state index contributed by atoms with van der Waals surface area (Å²) in [6, 6.07) is 0.683. The molecule has 0 amide bonds. The lowest BCUT2D eigenvalue weighted by Crippen LogP contribution is -2.43. The molecule has 0 aliphatic carbocycles. The highest BCUT2D eigenvalue weighted by Crippen LogP contribution is 2.00. The summed E-state index contributed by atoms with van der Waals surface area (Å²) in [4.78, 5) is 0. The summed E-state index contributed by atoms with van der Waals surface area (Å²) in [7, 11) is 0. The van der Waals surface area contributed by atoms with Crippen LogP contribution in [0.4, 0.5) is 0 Å². The van der Waals surface area contributed by atoms with Crippen molar-refractivity contribution in [1.82, 2.24) is 10.6 Å². The Balaban J connectivity index is 1.87. The summed E-state index contributed by atoms with van der Waals surface area (Å²) in [5.41, 5.74) is 0. The minimum Gasteiger partial charge on any atom is -0.379 e. The van der Waals surface area contributed by atoms with Crippen molar-refractivity contribution in [3.05, 3.63) is 0 Å². The zero-order valence-corrected chi connectivity index (χ0v) is 9.51. The average Bonchev–Trinajstić information content (AvgIpc) is 2.18. The third-order valence-corrected chi connectivity index (χ3v) is 2.50. The Hall–Kier alpha value is -0.120. The van der Waals surface area contributed by atoms with Crippen LogP contribution in [0.25, 0.3) is 0 Å². The van der Waals surface area contributed by atoms with Crippen LogP contribution in [0.3, 0.4) is 0 Å². The van der Waals surface area contributed by atoms with E-state index >= 15 is 0 Å². The Bertz CT molecular complexity index is 133. The molecule has 1 atom stereocenters. The molecule has 0 spiro atoms. The third kappa shape index (κ3) is 5.58. The molecule has 0 radical (unpaired) electrons. The normalized spacial score (nSPS) is 22.9. The fourth-order valence-electron chi connectivity index (χ4n) is 1.72. The van der Waals surface area contributed by atoms with Crippen LogP contribution in [-0.2, 0) is 4.74 Å². The van der Waals surface area contributed by atoms with Gasteiger partial charge in [0.05, 0.1) is 6.10 Å². The first-order valence-electron chi connectivity index (χ1n) is 5.84. The third-order valence-electron chi connectivity index (χ3n) is 2.50. The number of rotatable bonds is 6. The molecule has 1 heterocycles. The van der Waals surface area contributed by atoms with E-state index < -0.39 is 0 Å². The quantitative estimate of drug-likeness (QED) is 0.631. The van der Waals surface area contributed by atoms with Gasteiger partial charge in [0.2, 0.25) is 0 Å². The van der Waals surface area contributed by atoms with E-state index in [1.807, 2.05) is 0 Å². The maximum Gasteiger partial charge on any atom is 0.0518 e. The molecule has 14 heavy (non-hydrogen) atoms. The molecular formula is C11H24N2O. The molecule has 2 N–H and O–H groups in total. The van der Waals surface area contributed by atoms with Gasteiger partial charge in [-0.15, -0.1) is 0 Å². The van der Waals surface area contributed by atoms with Gasteiger partial charge < -0.3 is 15.4 Å². The molecule has 1 aliphatic heterocycles. The van der Waals surface area contributed by atoms with Gasteiger partial charge in [0, 0.05) is 19.2 Å². The molecule has 1 aliphatic rings. The van der Waals surface area contributed by atoms with Crippen molar-refractivity contribution >= 4 is 0 Å². The van der Waals surface area contributed by atoms with E-state index in [2.05, 4.69) is 24.5 Å². The predicted octanol–water partition coefficient (Wildman–Crippen LogP) is 1.14. The van der Waals surface area contributed by atoms with Crippen LogP contribution in [0, 0.1) is 0 Å². The highest BCUT2D eigenvalue weighted by atomic mass is 16.5. The molecule has 0 aromatic heterocycles. The fourth-order valence-corrected chi connectivity index (χ4v) is 1.72. The molecule has 0 aromatic carbocycles. The molecule has 0 bridgehead atoms. The summed E-state index contributed by atoms with van der Waals surface area (Å²) in [6.45, 7) is 8.44. The van der Waals surface area contributed by atoms with Gasteiger partial charge in [-0.1, -0.05) is 0 Å². The number of hydrogen-bond donors (Lipinski definition) is 2. The second-order valence-electron chi connectivity index (χ2n) is 4.27. The lowest BCUT2D eigenvalue weighted by molar-refractivity contribution is 0.0765. The van der Waals surface area contributed by atoms with E-state index in [-0.39, 0.29) is 0 Å². The second-order valence-corrected chi connectivity index (χ2v) is 4.27. The summed E-state index contributed by atoms with van der Waals surface area (Å²) in [6.07, 6.45) is 4.11. The van der Waals surface area contributed by atoms with Crippen LogP contribution in [-0.4, -0.2) is 38.4 Å². The van der Waals surface area contributed by atoms with Crippen LogP contribution in [0.15, 0.2) is 0 Å². The summed E-state index contributed by atoms with van der Waals surface area (Å²) >= 11 is 0. The standard InChI is InChI=1S/C11H24N2O/c1-10(2)14-8-4-7-13-11-5-3-6-12-9-11/h10-13H,3-9H2,1-2H3. The van der Waals surface area contributed by atoms with Crippen LogP contribution >= 0.6 is 0 Å². The van der Waals surface area contributed by atoms with E-state index in [0.29, 0.717) is 12.1 Å². The maximum atomic E-state index is 5.48. The topological polar surface area (TPSA) is 33.3 Å². The predicted molar refractivity (Wildman–Crippen MR) is 59.6 cm³/mol. The molecule has 1 rings (SSSR count). The van der Waals surface area contributed by atoms with Gasteiger partial charge in [0.1, 0.15) is 0 Å². The van der Waals surface area contributed by atoms with Crippen molar-refractivity contribution in [3.8, 4) is 0 Å². The summed E-state index contributed by atoms with van der Waals surface area (Å²) < 4.78 is 5.48. The Labute approximate surface area is 87.6 Å². The molecule has 0 aromatic rings. The van der Waals surface area contributed by atoms with E-state index in [9.17, 15) is 0 Å². The number of piperidine rings is 1. The Morgan fingerprint density at radius 1 is 1.50 bits per heavy atom. The molecule has 1 unspecified atom stereocenters. The first kappa shape index (κ1) is 12.0. The average molecular weight is 200 g/mol. The minimum atomic E-state index is 0.367. The van der Waals surface area contributed by atoms with Crippen molar-refractivity contribution in [2.75, 3.05) is 26.2 Å². The summed E-state index contributed by atoms with van der Waals surface area (Å²) in [5.74, 6) is 0. The van der Waals surface area contributed by atoms with Gasteiger partial charge in [-0.2, -0.15) is 0 Å². The van der Waals surface area contributed by atoms with Crippen molar-refractivity contribution in [3.63, 3.8) is 0 Å². The number of hydrogen-bond acceptors (Lipinski definition) is 3. The Morgan fingerprint density at radius 2 is 2.36 bits per heavy atom. The fraction of sp³-hybridized carbons (Fsp3) is 1.00. The van der Waals surface area contributed by atoms with Gasteiger partial charge in [-0.25, -0.2) is 0 Å². The minimum absolute atomic E-state index is 0.367. The van der Waals surface area contributed by atoms with Gasteiger partial charge in [-0.05, 0) is 46.2 Å². The number of ether oxygens (including phenoxy) is 1. The first-order valence-corrected chi connectivity index (χ1v) is 5.84. The van der Waals surface area contributed by atoms with Crippen LogP contribution in [0.5, 0.6) is 0 Å². The van der Waals surface area contributed by atoms with Crippen molar-refractivity contribution in [2.45, 2.75) is 45.3 Å². The largest absolute Gasteiger partial charge is 0.379 e.